The molecule has 8 nitrogen and oxygen atoms in total. The Bertz CT molecular complexity index is 1020. The van der Waals surface area contributed by atoms with Crippen molar-refractivity contribution in [3.63, 3.8) is 0 Å². The van der Waals surface area contributed by atoms with Crippen molar-refractivity contribution in [2.45, 2.75) is 12.3 Å². The van der Waals surface area contributed by atoms with Gasteiger partial charge < -0.3 is 24.3 Å². The van der Waals surface area contributed by atoms with Crippen molar-refractivity contribution in [3.8, 4) is 17.2 Å². The second-order valence-electron chi connectivity index (χ2n) is 7.48. The van der Waals surface area contributed by atoms with Crippen LogP contribution in [0.5, 0.6) is 5.75 Å². The van der Waals surface area contributed by atoms with Crippen LogP contribution in [0.15, 0.2) is 52.9 Å². The number of hydrogen-bond donors (Lipinski definition) is 1. The summed E-state index contributed by atoms with van der Waals surface area (Å²) < 4.78 is 11.1. The zero-order chi connectivity index (χ0) is 21.1. The highest BCUT2D eigenvalue weighted by atomic mass is 16.5. The van der Waals surface area contributed by atoms with Crippen molar-refractivity contribution >= 4 is 17.4 Å². The molecule has 3 aromatic rings. The van der Waals surface area contributed by atoms with Crippen LogP contribution in [0, 0.1) is 0 Å². The van der Waals surface area contributed by atoms with E-state index in [1.165, 1.54) is 0 Å². The number of ether oxygens (including phenoxy) is 1. The lowest BCUT2D eigenvalue weighted by Gasteiger charge is -2.17. The highest BCUT2D eigenvalue weighted by Crippen LogP contribution is 2.30. The number of benzene rings is 2. The Labute approximate surface area is 175 Å². The number of carbonyl (C=O) groups excluding carboxylic acids is 1. The topological polar surface area (TPSA) is 83.7 Å². The average Bonchev–Trinajstić information content (AvgIpc) is 3.44. The molecule has 0 radical (unpaired) electrons. The fourth-order valence-corrected chi connectivity index (χ4v) is 3.47. The van der Waals surface area contributed by atoms with Gasteiger partial charge in [0.15, 0.2) is 0 Å². The van der Waals surface area contributed by atoms with E-state index < -0.39 is 0 Å². The maximum atomic E-state index is 12.6. The molecule has 2 aromatic carbocycles. The normalized spacial score (nSPS) is 15.8. The van der Waals surface area contributed by atoms with Gasteiger partial charge in [-0.3, -0.25) is 0 Å². The van der Waals surface area contributed by atoms with Gasteiger partial charge >= 0.3 is 6.03 Å². The van der Waals surface area contributed by atoms with Crippen molar-refractivity contribution < 1.29 is 13.9 Å². The van der Waals surface area contributed by atoms with E-state index >= 15 is 0 Å². The number of aromatic nitrogens is 2. The number of nitrogens with one attached hydrogen (secondary N) is 1. The van der Waals surface area contributed by atoms with E-state index in [-0.39, 0.29) is 11.9 Å². The molecule has 0 aliphatic carbocycles. The van der Waals surface area contributed by atoms with Gasteiger partial charge in [-0.25, -0.2) is 4.79 Å². The van der Waals surface area contributed by atoms with E-state index in [2.05, 4.69) is 15.5 Å². The predicted octanol–water partition coefficient (Wildman–Crippen LogP) is 3.83. The van der Waals surface area contributed by atoms with E-state index in [9.17, 15) is 4.79 Å². The average molecular weight is 407 g/mol. The standard InChI is InChI=1S/C22H25N5O3/c1-26(2)18-9-7-15(8-10-18)20-24-25-21(30-20)16-11-12-27(14-16)22(28)23-17-5-4-6-19(13-17)29-3/h4-10,13,16H,11-12,14H2,1-3H3,(H,23,28)/t16-/m0/s1. The number of hydrogen-bond acceptors (Lipinski definition) is 6. The molecule has 2 heterocycles. The Balaban J connectivity index is 1.39. The van der Waals surface area contributed by atoms with Crippen LogP contribution in [0.1, 0.15) is 18.2 Å². The minimum atomic E-state index is -0.148. The Hall–Kier alpha value is -3.55. The summed E-state index contributed by atoms with van der Waals surface area (Å²) in [5, 5.41) is 11.3. The minimum absolute atomic E-state index is 0.0309. The zero-order valence-electron chi connectivity index (χ0n) is 17.3. The molecule has 1 N–H and O–H groups in total. The zero-order valence-corrected chi connectivity index (χ0v) is 17.3. The van der Waals surface area contributed by atoms with Crippen LogP contribution in [-0.4, -0.2) is 55.4 Å². The lowest BCUT2D eigenvalue weighted by molar-refractivity contribution is 0.221. The van der Waals surface area contributed by atoms with Gasteiger partial charge in [0.25, 0.3) is 0 Å². The molecule has 156 valence electrons. The number of likely N-dealkylation sites (tertiary alicyclic amines) is 1. The highest BCUT2D eigenvalue weighted by molar-refractivity contribution is 5.89. The van der Waals surface area contributed by atoms with Crippen LogP contribution in [0.2, 0.25) is 0 Å². The first-order chi connectivity index (χ1) is 14.5. The van der Waals surface area contributed by atoms with Crippen LogP contribution in [0.3, 0.4) is 0 Å². The van der Waals surface area contributed by atoms with Crippen molar-refractivity contribution in [3.05, 3.63) is 54.4 Å². The van der Waals surface area contributed by atoms with Gasteiger partial charge in [0.05, 0.1) is 13.0 Å². The van der Waals surface area contributed by atoms with Crippen LogP contribution < -0.4 is 15.0 Å². The number of urea groups is 1. The Morgan fingerprint density at radius 2 is 2.00 bits per heavy atom. The number of methoxy groups -OCH3 is 1. The van der Waals surface area contributed by atoms with Crippen molar-refractivity contribution in [2.75, 3.05) is 44.5 Å². The summed E-state index contributed by atoms with van der Waals surface area (Å²) in [6.07, 6.45) is 0.784. The van der Waals surface area contributed by atoms with Gasteiger partial charge in [-0.05, 0) is 42.8 Å². The molecule has 4 rings (SSSR count). The molecule has 1 atom stereocenters. The molecule has 0 spiro atoms. The number of anilines is 2. The van der Waals surface area contributed by atoms with E-state index in [1.54, 1.807) is 18.1 Å². The predicted molar refractivity (Wildman–Crippen MR) is 115 cm³/mol. The third-order valence-corrected chi connectivity index (χ3v) is 5.22. The molecule has 1 saturated heterocycles. The molecule has 1 aromatic heterocycles. The van der Waals surface area contributed by atoms with Crippen molar-refractivity contribution in [2.24, 2.45) is 0 Å². The lowest BCUT2D eigenvalue weighted by Crippen LogP contribution is -2.32. The monoisotopic (exact) mass is 407 g/mol. The molecule has 1 aliphatic heterocycles. The summed E-state index contributed by atoms with van der Waals surface area (Å²) in [5.74, 6) is 1.79. The minimum Gasteiger partial charge on any atom is -0.497 e. The maximum Gasteiger partial charge on any atom is 0.321 e. The fraction of sp³-hybridized carbons (Fsp3) is 0.318. The van der Waals surface area contributed by atoms with E-state index in [0.29, 0.717) is 36.3 Å². The van der Waals surface area contributed by atoms with Gasteiger partial charge in [-0.15, -0.1) is 10.2 Å². The molecular weight excluding hydrogens is 382 g/mol. The van der Waals surface area contributed by atoms with Gasteiger partial charge in [0.2, 0.25) is 11.8 Å². The van der Waals surface area contributed by atoms with Crippen LogP contribution in [0.25, 0.3) is 11.5 Å². The number of nitrogens with zero attached hydrogens (tertiary/aromatic N) is 4. The second-order valence-corrected chi connectivity index (χ2v) is 7.48. The fourth-order valence-electron chi connectivity index (χ4n) is 3.47. The summed E-state index contributed by atoms with van der Waals surface area (Å²) in [4.78, 5) is 16.4. The number of carbonyl (C=O) groups is 1. The SMILES string of the molecule is COc1cccc(NC(=O)N2CC[C@H](c3nnc(-c4ccc(N(C)C)cc4)o3)C2)c1. The Morgan fingerprint density at radius 3 is 2.73 bits per heavy atom. The first-order valence-corrected chi connectivity index (χ1v) is 9.84. The summed E-state index contributed by atoms with van der Waals surface area (Å²) in [7, 11) is 5.59. The summed E-state index contributed by atoms with van der Waals surface area (Å²) in [6.45, 7) is 1.17. The maximum absolute atomic E-state index is 12.6. The van der Waals surface area contributed by atoms with E-state index in [1.807, 2.05) is 61.5 Å². The smallest absolute Gasteiger partial charge is 0.321 e. The first kappa shape index (κ1) is 19.8. The van der Waals surface area contributed by atoms with Crippen LogP contribution in [-0.2, 0) is 0 Å². The van der Waals surface area contributed by atoms with E-state index in [4.69, 9.17) is 9.15 Å². The van der Waals surface area contributed by atoms with Gasteiger partial charge in [0.1, 0.15) is 5.75 Å². The Kier molecular flexibility index (Phi) is 5.56. The molecular formula is C22H25N5O3. The highest BCUT2D eigenvalue weighted by Gasteiger charge is 2.31. The third-order valence-electron chi connectivity index (χ3n) is 5.22. The van der Waals surface area contributed by atoms with Crippen molar-refractivity contribution in [1.29, 1.82) is 0 Å². The van der Waals surface area contributed by atoms with Crippen molar-refractivity contribution in [1.82, 2.24) is 15.1 Å². The first-order valence-electron chi connectivity index (χ1n) is 9.84. The van der Waals surface area contributed by atoms with Gasteiger partial charge in [0, 0.05) is 50.2 Å². The molecule has 8 heteroatoms. The summed E-state index contributed by atoms with van der Waals surface area (Å²) in [6, 6.07) is 15.1. The molecule has 2 amide bonds. The van der Waals surface area contributed by atoms with Crippen LogP contribution >= 0.6 is 0 Å². The molecule has 0 saturated carbocycles. The second kappa shape index (κ2) is 8.44. The number of amides is 2. The third kappa shape index (κ3) is 4.22. The summed E-state index contributed by atoms with van der Waals surface area (Å²) >= 11 is 0. The molecule has 1 aliphatic rings. The Morgan fingerprint density at radius 1 is 1.20 bits per heavy atom. The largest absolute Gasteiger partial charge is 0.497 e. The number of rotatable bonds is 5. The van der Waals surface area contributed by atoms with Gasteiger partial charge in [-0.1, -0.05) is 6.07 Å². The van der Waals surface area contributed by atoms with E-state index in [0.717, 1.165) is 17.7 Å². The molecule has 0 bridgehead atoms. The summed E-state index contributed by atoms with van der Waals surface area (Å²) in [5.41, 5.74) is 2.68. The lowest BCUT2D eigenvalue weighted by atomic mass is 10.1. The molecule has 0 unspecified atom stereocenters. The molecule has 1 fully saturated rings. The molecule has 30 heavy (non-hydrogen) atoms. The van der Waals surface area contributed by atoms with Gasteiger partial charge in [-0.2, -0.15) is 0 Å². The van der Waals surface area contributed by atoms with Crippen LogP contribution in [0.4, 0.5) is 16.2 Å². The quantitative estimate of drug-likeness (QED) is 0.692.